The van der Waals surface area contributed by atoms with Gasteiger partial charge in [0.1, 0.15) is 5.76 Å². The lowest BCUT2D eigenvalue weighted by Gasteiger charge is -2.31. The van der Waals surface area contributed by atoms with Gasteiger partial charge < -0.3 is 14.5 Å². The first-order valence-electron chi connectivity index (χ1n) is 7.36. The van der Waals surface area contributed by atoms with E-state index in [0.717, 1.165) is 31.9 Å². The molecule has 3 heterocycles. The van der Waals surface area contributed by atoms with Gasteiger partial charge in [0.15, 0.2) is 0 Å². The first-order valence-corrected chi connectivity index (χ1v) is 7.36. The van der Waals surface area contributed by atoms with Crippen LogP contribution in [0.2, 0.25) is 0 Å². The van der Waals surface area contributed by atoms with Crippen molar-refractivity contribution in [3.05, 3.63) is 23.7 Å². The Balaban J connectivity index is 1.52. The van der Waals surface area contributed by atoms with Gasteiger partial charge in [-0.05, 0) is 18.9 Å². The van der Waals surface area contributed by atoms with Crippen LogP contribution in [0.15, 0.2) is 16.7 Å². The first-order chi connectivity index (χ1) is 9.19. The molecule has 106 valence electrons. The molecule has 4 heteroatoms. The Bertz CT molecular complexity index is 404. The Hall–Kier alpha value is -0.840. The molecule has 0 aliphatic carbocycles. The summed E-state index contributed by atoms with van der Waals surface area (Å²) in [7, 11) is 0. The van der Waals surface area contributed by atoms with Crippen molar-refractivity contribution in [2.75, 3.05) is 13.1 Å². The molecule has 1 aromatic rings. The molecule has 1 N–H and O–H groups in total. The highest BCUT2D eigenvalue weighted by Crippen LogP contribution is 2.27. The minimum atomic E-state index is 0.454. The van der Waals surface area contributed by atoms with Crippen LogP contribution in [0, 0.1) is 0 Å². The van der Waals surface area contributed by atoms with Crippen LogP contribution < -0.4 is 5.32 Å². The minimum absolute atomic E-state index is 0.454. The van der Waals surface area contributed by atoms with Gasteiger partial charge in [-0.1, -0.05) is 13.8 Å². The van der Waals surface area contributed by atoms with Crippen molar-refractivity contribution < 1.29 is 9.15 Å². The van der Waals surface area contributed by atoms with E-state index in [-0.39, 0.29) is 0 Å². The molecule has 0 aromatic carbocycles. The molecule has 19 heavy (non-hydrogen) atoms. The standard InChI is InChI=1S/C15H24N2O2/c1-11(2)16-6-12-5-15(18-10-12)9-17-7-13-3-4-14(8-17)19-13/h5,10-11,13-14,16H,3-4,6-9H2,1-2H3. The average molecular weight is 264 g/mol. The molecule has 2 unspecified atom stereocenters. The topological polar surface area (TPSA) is 37.6 Å². The summed E-state index contributed by atoms with van der Waals surface area (Å²) < 4.78 is 11.5. The maximum absolute atomic E-state index is 5.85. The Morgan fingerprint density at radius 1 is 1.32 bits per heavy atom. The molecule has 1 aromatic heterocycles. The third-order valence-electron chi connectivity index (χ3n) is 3.92. The summed E-state index contributed by atoms with van der Waals surface area (Å²) in [6.07, 6.45) is 5.23. The summed E-state index contributed by atoms with van der Waals surface area (Å²) in [5.74, 6) is 1.07. The second-order valence-corrected chi connectivity index (χ2v) is 6.11. The largest absolute Gasteiger partial charge is 0.468 e. The van der Waals surface area contributed by atoms with Gasteiger partial charge >= 0.3 is 0 Å². The van der Waals surface area contributed by atoms with Crippen LogP contribution in [-0.4, -0.2) is 36.2 Å². The van der Waals surface area contributed by atoms with Crippen molar-refractivity contribution in [1.82, 2.24) is 10.2 Å². The number of nitrogens with one attached hydrogen (secondary N) is 1. The highest BCUT2D eigenvalue weighted by molar-refractivity contribution is 5.13. The predicted molar refractivity (Wildman–Crippen MR) is 73.9 cm³/mol. The molecule has 2 aliphatic rings. The molecule has 2 saturated heterocycles. The lowest BCUT2D eigenvalue weighted by molar-refractivity contribution is -0.0427. The van der Waals surface area contributed by atoms with E-state index in [2.05, 4.69) is 30.1 Å². The van der Waals surface area contributed by atoms with E-state index in [1.807, 2.05) is 6.26 Å². The van der Waals surface area contributed by atoms with Crippen LogP contribution in [0.25, 0.3) is 0 Å². The van der Waals surface area contributed by atoms with Crippen molar-refractivity contribution in [3.8, 4) is 0 Å². The van der Waals surface area contributed by atoms with Gasteiger partial charge in [0.2, 0.25) is 0 Å². The fourth-order valence-corrected chi connectivity index (χ4v) is 2.97. The molecule has 0 radical (unpaired) electrons. The molecule has 2 fully saturated rings. The summed E-state index contributed by atoms with van der Waals surface area (Å²) in [4.78, 5) is 2.46. The highest BCUT2D eigenvalue weighted by atomic mass is 16.5. The van der Waals surface area contributed by atoms with Crippen LogP contribution in [0.5, 0.6) is 0 Å². The second-order valence-electron chi connectivity index (χ2n) is 6.11. The first kappa shape index (κ1) is 13.2. The number of likely N-dealkylation sites (tertiary alicyclic amines) is 1. The number of morpholine rings is 1. The van der Waals surface area contributed by atoms with Gasteiger partial charge in [-0.3, -0.25) is 4.90 Å². The van der Waals surface area contributed by atoms with Crippen LogP contribution >= 0.6 is 0 Å². The molecule has 2 atom stereocenters. The Kier molecular flexibility index (Phi) is 3.91. The minimum Gasteiger partial charge on any atom is -0.468 e. The van der Waals surface area contributed by atoms with Gasteiger partial charge in [0, 0.05) is 31.2 Å². The van der Waals surface area contributed by atoms with Crippen LogP contribution in [0.3, 0.4) is 0 Å². The van der Waals surface area contributed by atoms with E-state index in [1.165, 1.54) is 18.4 Å². The van der Waals surface area contributed by atoms with Crippen molar-refractivity contribution >= 4 is 0 Å². The number of furan rings is 1. The van der Waals surface area contributed by atoms with E-state index in [1.54, 1.807) is 0 Å². The lowest BCUT2D eigenvalue weighted by atomic mass is 10.2. The van der Waals surface area contributed by atoms with E-state index in [0.29, 0.717) is 18.2 Å². The van der Waals surface area contributed by atoms with Gasteiger partial charge in [-0.2, -0.15) is 0 Å². The number of rotatable bonds is 5. The van der Waals surface area contributed by atoms with Crippen molar-refractivity contribution in [2.45, 2.75) is 58.0 Å². The second kappa shape index (κ2) is 5.65. The fraction of sp³-hybridized carbons (Fsp3) is 0.733. The Morgan fingerprint density at radius 2 is 2.05 bits per heavy atom. The van der Waals surface area contributed by atoms with E-state index in [4.69, 9.17) is 9.15 Å². The third-order valence-corrected chi connectivity index (χ3v) is 3.92. The quantitative estimate of drug-likeness (QED) is 0.884. The van der Waals surface area contributed by atoms with Crippen molar-refractivity contribution in [3.63, 3.8) is 0 Å². The molecular formula is C15H24N2O2. The fourth-order valence-electron chi connectivity index (χ4n) is 2.97. The summed E-state index contributed by atoms with van der Waals surface area (Å²) in [5.41, 5.74) is 1.24. The normalized spacial score (nSPS) is 27.3. The van der Waals surface area contributed by atoms with E-state index < -0.39 is 0 Å². The van der Waals surface area contributed by atoms with Crippen molar-refractivity contribution in [1.29, 1.82) is 0 Å². The number of hydrogen-bond donors (Lipinski definition) is 1. The zero-order valence-electron chi connectivity index (χ0n) is 11.9. The highest BCUT2D eigenvalue weighted by Gasteiger charge is 2.33. The lowest BCUT2D eigenvalue weighted by Crippen LogP contribution is -2.41. The molecule has 0 spiro atoms. The van der Waals surface area contributed by atoms with Gasteiger partial charge in [-0.25, -0.2) is 0 Å². The third kappa shape index (κ3) is 3.38. The van der Waals surface area contributed by atoms with Gasteiger partial charge in [0.25, 0.3) is 0 Å². The molecular weight excluding hydrogens is 240 g/mol. The zero-order chi connectivity index (χ0) is 13.2. The molecule has 2 aliphatic heterocycles. The van der Waals surface area contributed by atoms with E-state index >= 15 is 0 Å². The SMILES string of the molecule is CC(C)NCc1coc(CN2CC3CCC(C2)O3)c1. The number of nitrogens with zero attached hydrogens (tertiary/aromatic N) is 1. The summed E-state index contributed by atoms with van der Waals surface area (Å²) in [6, 6.07) is 2.68. The Labute approximate surface area is 115 Å². The van der Waals surface area contributed by atoms with Crippen LogP contribution in [-0.2, 0) is 17.8 Å². The summed E-state index contributed by atoms with van der Waals surface area (Å²) in [6.45, 7) is 8.22. The maximum Gasteiger partial charge on any atom is 0.118 e. The van der Waals surface area contributed by atoms with Crippen molar-refractivity contribution in [2.24, 2.45) is 0 Å². The Morgan fingerprint density at radius 3 is 2.74 bits per heavy atom. The predicted octanol–water partition coefficient (Wildman–Crippen LogP) is 2.14. The molecule has 3 rings (SSSR count). The number of ether oxygens (including phenoxy) is 1. The molecule has 0 amide bonds. The molecule has 0 saturated carbocycles. The maximum atomic E-state index is 5.85. The summed E-state index contributed by atoms with van der Waals surface area (Å²) in [5, 5.41) is 3.41. The van der Waals surface area contributed by atoms with Gasteiger partial charge in [-0.15, -0.1) is 0 Å². The zero-order valence-corrected chi connectivity index (χ0v) is 11.9. The van der Waals surface area contributed by atoms with E-state index in [9.17, 15) is 0 Å². The van der Waals surface area contributed by atoms with Crippen LogP contribution in [0.4, 0.5) is 0 Å². The molecule has 4 nitrogen and oxygen atoms in total. The average Bonchev–Trinajstić information content (AvgIpc) is 2.94. The number of fused-ring (bicyclic) bond motifs is 2. The van der Waals surface area contributed by atoms with Gasteiger partial charge in [0.05, 0.1) is 25.0 Å². The summed E-state index contributed by atoms with van der Waals surface area (Å²) >= 11 is 0. The monoisotopic (exact) mass is 264 g/mol. The molecule has 2 bridgehead atoms. The number of hydrogen-bond acceptors (Lipinski definition) is 4. The smallest absolute Gasteiger partial charge is 0.118 e. The van der Waals surface area contributed by atoms with Crippen LogP contribution in [0.1, 0.15) is 38.0 Å².